The van der Waals surface area contributed by atoms with Crippen LogP contribution >= 0.6 is 0 Å². The maximum absolute atomic E-state index is 13.0. The first-order valence-electron chi connectivity index (χ1n) is 23.3. The maximum atomic E-state index is 13.0. The molecule has 0 spiro atoms. The van der Waals surface area contributed by atoms with E-state index in [-0.39, 0.29) is 19.4 Å². The molecule has 0 aliphatic rings. The zero-order valence-corrected chi connectivity index (χ0v) is 35.8. The highest BCUT2D eigenvalue weighted by atomic mass is 16.5. The van der Waals surface area contributed by atoms with E-state index in [1.54, 1.807) is 12.4 Å². The van der Waals surface area contributed by atoms with E-state index >= 15 is 0 Å². The first kappa shape index (κ1) is 50.6. The fourth-order valence-electron chi connectivity index (χ4n) is 7.17. The molecule has 0 bridgehead atoms. The number of esters is 2. The molecule has 0 saturated carbocycles. The average molecular weight is 775 g/mol. The summed E-state index contributed by atoms with van der Waals surface area (Å²) in [4.78, 5) is 45.7. The van der Waals surface area contributed by atoms with Gasteiger partial charge in [0.2, 0.25) is 5.91 Å². The van der Waals surface area contributed by atoms with Gasteiger partial charge in [-0.1, -0.05) is 206 Å². The van der Waals surface area contributed by atoms with Gasteiger partial charge in [0, 0.05) is 18.8 Å². The van der Waals surface area contributed by atoms with Crippen molar-refractivity contribution >= 4 is 17.8 Å². The van der Waals surface area contributed by atoms with Gasteiger partial charge in [-0.3, -0.25) is 9.59 Å². The number of amides is 1. The topological polar surface area (TPSA) is 136 Å². The molecular formula is C46H86N4O5. The standard InChI is InChI=1S/C46H86N4O5/c1-3-5-7-9-11-13-15-17-19-21-23-25-27-29-31-33-37-54-44(51)40-42(50-45(52)41(47)39-43-48-35-36-49-43)46(53)55-38-34-32-30-28-26-24-22-20-18-16-14-12-10-8-6-4-2/h35-36,41-42H,3-34,37-40,47H2,1-2H3,(H,48,49)(H,50,52)/t41-,42+/m0/s1. The van der Waals surface area contributed by atoms with Crippen molar-refractivity contribution in [2.24, 2.45) is 5.73 Å². The van der Waals surface area contributed by atoms with E-state index in [9.17, 15) is 14.4 Å². The molecule has 1 aromatic rings. The number of ether oxygens (including phenoxy) is 2. The third-order valence-electron chi connectivity index (χ3n) is 10.8. The summed E-state index contributed by atoms with van der Waals surface area (Å²) in [7, 11) is 0. The van der Waals surface area contributed by atoms with Gasteiger partial charge < -0.3 is 25.5 Å². The SMILES string of the molecule is CCCCCCCCCCCCCCCCCCOC(=O)C[C@@H](NC(=O)[C@@H](N)Cc1ncc[nH]1)C(=O)OCCCCCCCCCCCCCCCCCC. The molecule has 0 radical (unpaired) electrons. The lowest BCUT2D eigenvalue weighted by Crippen LogP contribution is -2.50. The number of aromatic nitrogens is 2. The van der Waals surface area contributed by atoms with Crippen LogP contribution in [0.2, 0.25) is 0 Å². The van der Waals surface area contributed by atoms with Gasteiger partial charge in [0.25, 0.3) is 0 Å². The summed E-state index contributed by atoms with van der Waals surface area (Å²) in [5.41, 5.74) is 6.10. The highest BCUT2D eigenvalue weighted by Gasteiger charge is 2.28. The number of nitrogens with two attached hydrogens (primary N) is 1. The van der Waals surface area contributed by atoms with Gasteiger partial charge in [-0.2, -0.15) is 0 Å². The third-order valence-corrected chi connectivity index (χ3v) is 10.8. The Labute approximate surface area is 337 Å². The normalized spacial score (nSPS) is 12.4. The van der Waals surface area contributed by atoms with E-state index in [1.807, 2.05) is 0 Å². The Morgan fingerprint density at radius 1 is 0.582 bits per heavy atom. The number of carbonyl (C=O) groups is 3. The lowest BCUT2D eigenvalue weighted by molar-refractivity contribution is -0.154. The first-order chi connectivity index (χ1) is 27.0. The highest BCUT2D eigenvalue weighted by molar-refractivity contribution is 5.90. The highest BCUT2D eigenvalue weighted by Crippen LogP contribution is 2.16. The van der Waals surface area contributed by atoms with Crippen LogP contribution in [0.25, 0.3) is 0 Å². The molecule has 0 aromatic carbocycles. The molecule has 0 unspecified atom stereocenters. The molecule has 0 aliphatic heterocycles. The molecule has 55 heavy (non-hydrogen) atoms. The predicted molar refractivity (Wildman–Crippen MR) is 228 cm³/mol. The summed E-state index contributed by atoms with van der Waals surface area (Å²) in [5.74, 6) is -1.11. The van der Waals surface area contributed by atoms with Crippen LogP contribution in [0.15, 0.2) is 12.4 Å². The van der Waals surface area contributed by atoms with Crippen LogP contribution in [0, 0.1) is 0 Å². The number of H-pyrrole nitrogens is 1. The molecule has 1 heterocycles. The van der Waals surface area contributed by atoms with Crippen molar-refractivity contribution in [3.8, 4) is 0 Å². The molecule has 0 saturated heterocycles. The second-order valence-electron chi connectivity index (χ2n) is 16.1. The number of carbonyl (C=O) groups excluding carboxylic acids is 3. The summed E-state index contributed by atoms with van der Waals surface area (Å²) in [6.07, 6.45) is 44.0. The molecule has 0 aliphatic carbocycles. The molecule has 320 valence electrons. The van der Waals surface area contributed by atoms with E-state index in [1.165, 1.54) is 167 Å². The number of hydrogen-bond donors (Lipinski definition) is 3. The van der Waals surface area contributed by atoms with Gasteiger partial charge in [0.05, 0.1) is 25.7 Å². The van der Waals surface area contributed by atoms with Crippen LogP contribution in [0.3, 0.4) is 0 Å². The minimum absolute atomic E-state index is 0.184. The number of aromatic amines is 1. The van der Waals surface area contributed by atoms with Crippen LogP contribution in [-0.2, 0) is 30.3 Å². The molecule has 2 atom stereocenters. The molecule has 9 nitrogen and oxygen atoms in total. The fourth-order valence-corrected chi connectivity index (χ4v) is 7.17. The second-order valence-corrected chi connectivity index (χ2v) is 16.1. The van der Waals surface area contributed by atoms with Crippen molar-refractivity contribution in [2.45, 2.75) is 244 Å². The Hall–Kier alpha value is -2.42. The van der Waals surface area contributed by atoms with Gasteiger partial charge in [-0.25, -0.2) is 9.78 Å². The van der Waals surface area contributed by atoms with Gasteiger partial charge in [0.1, 0.15) is 11.9 Å². The van der Waals surface area contributed by atoms with Crippen LogP contribution in [0.1, 0.15) is 232 Å². The minimum Gasteiger partial charge on any atom is -0.466 e. The van der Waals surface area contributed by atoms with Crippen LogP contribution in [0.5, 0.6) is 0 Å². The van der Waals surface area contributed by atoms with Crippen LogP contribution < -0.4 is 11.1 Å². The zero-order valence-electron chi connectivity index (χ0n) is 35.8. The lowest BCUT2D eigenvalue weighted by atomic mass is 10.0. The Morgan fingerprint density at radius 2 is 0.945 bits per heavy atom. The van der Waals surface area contributed by atoms with E-state index in [4.69, 9.17) is 15.2 Å². The summed E-state index contributed by atoms with van der Waals surface area (Å²) in [5, 5.41) is 2.64. The smallest absolute Gasteiger partial charge is 0.329 e. The summed E-state index contributed by atoms with van der Waals surface area (Å²) >= 11 is 0. The minimum atomic E-state index is -1.14. The molecule has 0 fully saturated rings. The first-order valence-corrected chi connectivity index (χ1v) is 23.3. The number of imidazole rings is 1. The molecule has 1 aromatic heterocycles. The van der Waals surface area contributed by atoms with Crippen LogP contribution in [-0.4, -0.2) is 53.1 Å². The fraction of sp³-hybridized carbons (Fsp3) is 0.870. The van der Waals surface area contributed by atoms with Gasteiger partial charge in [0.15, 0.2) is 0 Å². The maximum Gasteiger partial charge on any atom is 0.329 e. The number of hydrogen-bond acceptors (Lipinski definition) is 7. The summed E-state index contributed by atoms with van der Waals surface area (Å²) in [6.45, 7) is 5.11. The Balaban J connectivity index is 2.21. The van der Waals surface area contributed by atoms with Crippen molar-refractivity contribution in [3.63, 3.8) is 0 Å². The predicted octanol–water partition coefficient (Wildman–Crippen LogP) is 11.8. The number of unbranched alkanes of at least 4 members (excludes halogenated alkanes) is 30. The van der Waals surface area contributed by atoms with Crippen molar-refractivity contribution < 1.29 is 23.9 Å². The number of nitrogens with zero attached hydrogens (tertiary/aromatic N) is 1. The van der Waals surface area contributed by atoms with Gasteiger partial charge in [-0.15, -0.1) is 0 Å². The van der Waals surface area contributed by atoms with Crippen molar-refractivity contribution in [3.05, 3.63) is 18.2 Å². The quantitative estimate of drug-likeness (QED) is 0.0445. The monoisotopic (exact) mass is 775 g/mol. The van der Waals surface area contributed by atoms with E-state index < -0.39 is 29.9 Å². The molecule has 1 rings (SSSR count). The molecule has 9 heteroatoms. The molecule has 1 amide bonds. The third kappa shape index (κ3) is 32.4. The van der Waals surface area contributed by atoms with Crippen molar-refractivity contribution in [2.75, 3.05) is 13.2 Å². The van der Waals surface area contributed by atoms with Crippen LogP contribution in [0.4, 0.5) is 0 Å². The van der Waals surface area contributed by atoms with E-state index in [0.717, 1.165) is 38.5 Å². The molecule has 4 N–H and O–H groups in total. The summed E-state index contributed by atoms with van der Waals surface area (Å²) in [6, 6.07) is -2.07. The van der Waals surface area contributed by atoms with Crippen molar-refractivity contribution in [1.82, 2.24) is 15.3 Å². The van der Waals surface area contributed by atoms with Gasteiger partial charge >= 0.3 is 11.9 Å². The Kier molecular flexibility index (Phi) is 35.4. The largest absolute Gasteiger partial charge is 0.466 e. The van der Waals surface area contributed by atoms with Gasteiger partial charge in [-0.05, 0) is 12.8 Å². The van der Waals surface area contributed by atoms with E-state index in [0.29, 0.717) is 12.4 Å². The lowest BCUT2D eigenvalue weighted by Gasteiger charge is -2.19. The zero-order chi connectivity index (χ0) is 39.9. The Morgan fingerprint density at radius 3 is 1.31 bits per heavy atom. The average Bonchev–Trinajstić information content (AvgIpc) is 3.70. The van der Waals surface area contributed by atoms with E-state index in [2.05, 4.69) is 29.1 Å². The molecular weight excluding hydrogens is 689 g/mol. The second kappa shape index (κ2) is 38.5. The summed E-state index contributed by atoms with van der Waals surface area (Å²) < 4.78 is 11.0. The van der Waals surface area contributed by atoms with Crippen molar-refractivity contribution in [1.29, 1.82) is 0 Å². The number of rotatable bonds is 41. The number of nitrogens with one attached hydrogen (secondary N) is 2. The Bertz CT molecular complexity index is 1000.